The van der Waals surface area contributed by atoms with Gasteiger partial charge in [0.2, 0.25) is 5.91 Å². The first kappa shape index (κ1) is 16.7. The fourth-order valence-corrected chi connectivity index (χ4v) is 2.58. The van der Waals surface area contributed by atoms with Crippen LogP contribution in [-0.4, -0.2) is 34.5 Å². The lowest BCUT2D eigenvalue weighted by Crippen LogP contribution is -2.33. The number of carbonyl (C=O) groups is 1. The molecule has 3 rings (SSSR count). The Morgan fingerprint density at radius 2 is 1.88 bits per heavy atom. The monoisotopic (exact) mass is 337 g/mol. The number of hydrogen-bond acceptors (Lipinski definition) is 4. The zero-order chi connectivity index (χ0) is 17.8. The van der Waals surface area contributed by atoms with E-state index in [0.717, 1.165) is 11.3 Å². The van der Waals surface area contributed by atoms with Gasteiger partial charge in [0, 0.05) is 13.6 Å². The summed E-state index contributed by atoms with van der Waals surface area (Å²) in [4.78, 5) is 30.7. The molecule has 0 aliphatic carbocycles. The van der Waals surface area contributed by atoms with E-state index in [4.69, 9.17) is 4.74 Å². The van der Waals surface area contributed by atoms with Gasteiger partial charge in [-0.15, -0.1) is 0 Å². The molecule has 1 aromatic heterocycles. The van der Waals surface area contributed by atoms with Gasteiger partial charge in [-0.2, -0.15) is 0 Å². The van der Waals surface area contributed by atoms with E-state index < -0.39 is 0 Å². The number of fused-ring (bicyclic) bond motifs is 1. The number of nitrogens with zero attached hydrogens (tertiary/aromatic N) is 3. The number of ether oxygens (including phenoxy) is 1. The van der Waals surface area contributed by atoms with E-state index in [0.29, 0.717) is 17.4 Å². The third-order valence-corrected chi connectivity index (χ3v) is 4.04. The van der Waals surface area contributed by atoms with Gasteiger partial charge in [0.15, 0.2) is 0 Å². The maximum Gasteiger partial charge on any atom is 0.261 e. The molecule has 2 aromatic carbocycles. The van der Waals surface area contributed by atoms with Gasteiger partial charge in [-0.25, -0.2) is 4.98 Å². The molecule has 0 atom stereocenters. The van der Waals surface area contributed by atoms with Crippen LogP contribution in [0.4, 0.5) is 0 Å². The number of methoxy groups -OCH3 is 1. The van der Waals surface area contributed by atoms with Gasteiger partial charge in [0.1, 0.15) is 12.3 Å². The van der Waals surface area contributed by atoms with Crippen LogP contribution in [-0.2, 0) is 17.9 Å². The smallest absolute Gasteiger partial charge is 0.261 e. The molecule has 0 aliphatic rings. The van der Waals surface area contributed by atoms with Crippen LogP contribution in [0.1, 0.15) is 5.56 Å². The molecule has 25 heavy (non-hydrogen) atoms. The molecular weight excluding hydrogens is 318 g/mol. The van der Waals surface area contributed by atoms with Crippen molar-refractivity contribution in [1.29, 1.82) is 0 Å². The molecule has 6 heteroatoms. The van der Waals surface area contributed by atoms with Crippen LogP contribution >= 0.6 is 0 Å². The first-order chi connectivity index (χ1) is 12.1. The number of likely N-dealkylation sites (N-methyl/N-ethyl adjacent to an activating group) is 1. The number of aromatic nitrogens is 2. The predicted molar refractivity (Wildman–Crippen MR) is 95.5 cm³/mol. The van der Waals surface area contributed by atoms with Crippen LogP contribution < -0.4 is 10.3 Å². The van der Waals surface area contributed by atoms with Crippen molar-refractivity contribution in [2.45, 2.75) is 13.1 Å². The average Bonchev–Trinajstić information content (AvgIpc) is 2.64. The van der Waals surface area contributed by atoms with Gasteiger partial charge < -0.3 is 9.64 Å². The van der Waals surface area contributed by atoms with E-state index in [2.05, 4.69) is 4.98 Å². The van der Waals surface area contributed by atoms with Crippen LogP contribution in [0.2, 0.25) is 0 Å². The molecule has 0 unspecified atom stereocenters. The van der Waals surface area contributed by atoms with E-state index in [-0.39, 0.29) is 18.0 Å². The first-order valence-electron chi connectivity index (χ1n) is 7.89. The van der Waals surface area contributed by atoms with Crippen molar-refractivity contribution in [3.63, 3.8) is 0 Å². The van der Waals surface area contributed by atoms with Crippen molar-refractivity contribution in [2.24, 2.45) is 0 Å². The number of para-hydroxylation sites is 1. The third-order valence-electron chi connectivity index (χ3n) is 4.04. The molecule has 3 aromatic rings. The predicted octanol–water partition coefficient (Wildman–Crippen LogP) is 2.06. The minimum Gasteiger partial charge on any atom is -0.497 e. The van der Waals surface area contributed by atoms with Crippen molar-refractivity contribution in [3.05, 3.63) is 70.8 Å². The summed E-state index contributed by atoms with van der Waals surface area (Å²) >= 11 is 0. The Morgan fingerprint density at radius 1 is 1.16 bits per heavy atom. The lowest BCUT2D eigenvalue weighted by molar-refractivity contribution is -0.131. The highest BCUT2D eigenvalue weighted by Crippen LogP contribution is 2.12. The van der Waals surface area contributed by atoms with E-state index in [9.17, 15) is 9.59 Å². The van der Waals surface area contributed by atoms with Crippen molar-refractivity contribution in [1.82, 2.24) is 14.5 Å². The normalized spacial score (nSPS) is 10.6. The molecule has 0 bridgehead atoms. The maximum absolute atomic E-state index is 12.5. The molecule has 6 nitrogen and oxygen atoms in total. The van der Waals surface area contributed by atoms with Gasteiger partial charge in [0.05, 0.1) is 24.3 Å². The Balaban J connectivity index is 1.72. The molecule has 0 spiro atoms. The number of benzene rings is 2. The lowest BCUT2D eigenvalue weighted by atomic mass is 10.2. The van der Waals surface area contributed by atoms with Gasteiger partial charge in [-0.05, 0) is 29.8 Å². The summed E-state index contributed by atoms with van der Waals surface area (Å²) in [6.07, 6.45) is 1.42. The van der Waals surface area contributed by atoms with Crippen LogP contribution in [0.15, 0.2) is 59.7 Å². The highest BCUT2D eigenvalue weighted by molar-refractivity contribution is 5.78. The SMILES string of the molecule is COc1ccc(CN(C)C(=O)Cn2cnc3ccccc3c2=O)cc1. The Bertz CT molecular complexity index is 948. The number of carbonyl (C=O) groups excluding carboxylic acids is 1. The van der Waals surface area contributed by atoms with Crippen molar-refractivity contribution in [3.8, 4) is 5.75 Å². The van der Waals surface area contributed by atoms with Gasteiger partial charge >= 0.3 is 0 Å². The quantitative estimate of drug-likeness (QED) is 0.715. The molecule has 1 amide bonds. The minimum atomic E-state index is -0.211. The topological polar surface area (TPSA) is 64.4 Å². The maximum atomic E-state index is 12.5. The highest BCUT2D eigenvalue weighted by atomic mass is 16.5. The summed E-state index contributed by atoms with van der Waals surface area (Å²) in [5.41, 5.74) is 1.40. The fourth-order valence-electron chi connectivity index (χ4n) is 2.58. The molecule has 0 N–H and O–H groups in total. The van der Waals surface area contributed by atoms with Crippen LogP contribution in [0.5, 0.6) is 5.75 Å². The summed E-state index contributed by atoms with van der Waals surface area (Å²) in [7, 11) is 3.33. The molecular formula is C19H19N3O3. The van der Waals surface area contributed by atoms with Gasteiger partial charge in [0.25, 0.3) is 5.56 Å². The summed E-state index contributed by atoms with van der Waals surface area (Å²) in [5, 5.41) is 0.510. The molecule has 0 saturated carbocycles. The Kier molecular flexibility index (Phi) is 4.79. The molecule has 0 aliphatic heterocycles. The van der Waals surface area contributed by atoms with E-state index >= 15 is 0 Å². The van der Waals surface area contributed by atoms with Crippen molar-refractivity contribution in [2.75, 3.05) is 14.2 Å². The Morgan fingerprint density at radius 3 is 2.60 bits per heavy atom. The van der Waals surface area contributed by atoms with Crippen LogP contribution in [0, 0.1) is 0 Å². The van der Waals surface area contributed by atoms with E-state index in [1.165, 1.54) is 10.9 Å². The average molecular weight is 337 g/mol. The molecule has 1 heterocycles. The minimum absolute atomic E-state index is 0.0384. The Labute approximate surface area is 145 Å². The standard InChI is InChI=1S/C19H19N3O3/c1-21(11-14-7-9-15(25-2)10-8-14)18(23)12-22-13-20-17-6-4-3-5-16(17)19(22)24/h3-10,13H,11-12H2,1-2H3. The summed E-state index contributed by atoms with van der Waals surface area (Å²) in [6, 6.07) is 14.6. The summed E-state index contributed by atoms with van der Waals surface area (Å²) < 4.78 is 6.47. The third kappa shape index (κ3) is 3.68. The summed E-state index contributed by atoms with van der Waals surface area (Å²) in [5.74, 6) is 0.613. The van der Waals surface area contributed by atoms with Crippen molar-refractivity contribution >= 4 is 16.8 Å². The van der Waals surface area contributed by atoms with Gasteiger partial charge in [-0.1, -0.05) is 24.3 Å². The first-order valence-corrected chi connectivity index (χ1v) is 7.89. The highest BCUT2D eigenvalue weighted by Gasteiger charge is 2.12. The zero-order valence-electron chi connectivity index (χ0n) is 14.2. The Hall–Kier alpha value is -3.15. The summed E-state index contributed by atoms with van der Waals surface area (Å²) in [6.45, 7) is 0.419. The zero-order valence-corrected chi connectivity index (χ0v) is 14.2. The fraction of sp³-hybridized carbons (Fsp3) is 0.211. The van der Waals surface area contributed by atoms with E-state index in [1.54, 1.807) is 37.3 Å². The van der Waals surface area contributed by atoms with Crippen LogP contribution in [0.25, 0.3) is 10.9 Å². The van der Waals surface area contributed by atoms with Crippen LogP contribution in [0.3, 0.4) is 0 Å². The second-order valence-corrected chi connectivity index (χ2v) is 5.79. The lowest BCUT2D eigenvalue weighted by Gasteiger charge is -2.18. The molecule has 0 radical (unpaired) electrons. The second-order valence-electron chi connectivity index (χ2n) is 5.79. The largest absolute Gasteiger partial charge is 0.497 e. The number of hydrogen-bond donors (Lipinski definition) is 0. The number of rotatable bonds is 5. The number of amides is 1. The molecule has 0 saturated heterocycles. The molecule has 128 valence electrons. The van der Waals surface area contributed by atoms with Crippen molar-refractivity contribution < 1.29 is 9.53 Å². The molecule has 0 fully saturated rings. The van der Waals surface area contributed by atoms with Gasteiger partial charge in [-0.3, -0.25) is 14.2 Å². The van der Waals surface area contributed by atoms with E-state index in [1.807, 2.05) is 30.3 Å². The second kappa shape index (κ2) is 7.17.